The fraction of sp³-hybridized carbons (Fsp3) is 0.278. The Balaban J connectivity index is 1.93. The average molecular weight is 299 g/mol. The topological polar surface area (TPSA) is 58.6 Å². The van der Waals surface area contributed by atoms with Gasteiger partial charge in [0.05, 0.1) is 12.6 Å². The van der Waals surface area contributed by atoms with Gasteiger partial charge in [0.25, 0.3) is 5.91 Å². The molecular formula is C18H21NO3. The third kappa shape index (κ3) is 4.33. The van der Waals surface area contributed by atoms with Crippen molar-refractivity contribution in [2.45, 2.75) is 19.9 Å². The molecule has 0 aliphatic rings. The molecule has 0 bridgehead atoms. The van der Waals surface area contributed by atoms with E-state index in [4.69, 9.17) is 4.74 Å². The molecule has 4 nitrogen and oxygen atoms in total. The molecule has 0 heterocycles. The number of rotatable bonds is 6. The van der Waals surface area contributed by atoms with Crippen LogP contribution in [0.3, 0.4) is 0 Å². The number of ether oxygens (including phenoxy) is 1. The van der Waals surface area contributed by atoms with Gasteiger partial charge in [-0.2, -0.15) is 0 Å². The number of carbonyl (C=O) groups excluding carboxylic acids is 1. The monoisotopic (exact) mass is 299 g/mol. The number of aliphatic hydroxyl groups excluding tert-OH is 1. The highest BCUT2D eigenvalue weighted by atomic mass is 16.5. The standard InChI is InChI=1S/C18H21NO3/c1-13-8-9-14(2)17(10-13)22-12-18(21)19-16(11-20)15-6-4-3-5-7-15/h3-10,16,20H,11-12H2,1-2H3,(H,19,21). The molecule has 0 spiro atoms. The predicted octanol–water partition coefficient (Wildman–Crippen LogP) is 2.53. The normalized spacial score (nSPS) is 11.8. The van der Waals surface area contributed by atoms with Crippen molar-refractivity contribution in [3.05, 3.63) is 65.2 Å². The highest BCUT2D eigenvalue weighted by molar-refractivity contribution is 5.78. The number of aliphatic hydroxyl groups is 1. The minimum absolute atomic E-state index is 0.0758. The third-order valence-corrected chi connectivity index (χ3v) is 3.42. The lowest BCUT2D eigenvalue weighted by molar-refractivity contribution is -0.124. The van der Waals surface area contributed by atoms with Crippen LogP contribution in [0.5, 0.6) is 5.75 Å². The lowest BCUT2D eigenvalue weighted by atomic mass is 10.1. The van der Waals surface area contributed by atoms with Crippen molar-refractivity contribution in [1.29, 1.82) is 0 Å². The summed E-state index contributed by atoms with van der Waals surface area (Å²) in [5, 5.41) is 12.2. The quantitative estimate of drug-likeness (QED) is 0.862. The van der Waals surface area contributed by atoms with Gasteiger partial charge >= 0.3 is 0 Å². The van der Waals surface area contributed by atoms with Crippen molar-refractivity contribution in [2.75, 3.05) is 13.2 Å². The summed E-state index contributed by atoms with van der Waals surface area (Å²) in [5.41, 5.74) is 2.93. The Bertz CT molecular complexity index is 625. The van der Waals surface area contributed by atoms with Crippen molar-refractivity contribution in [3.63, 3.8) is 0 Å². The summed E-state index contributed by atoms with van der Waals surface area (Å²) in [6.07, 6.45) is 0. The zero-order valence-electron chi connectivity index (χ0n) is 12.9. The van der Waals surface area contributed by atoms with Crippen LogP contribution >= 0.6 is 0 Å². The number of benzene rings is 2. The largest absolute Gasteiger partial charge is 0.483 e. The zero-order chi connectivity index (χ0) is 15.9. The summed E-state index contributed by atoms with van der Waals surface area (Å²) in [6, 6.07) is 14.8. The maximum Gasteiger partial charge on any atom is 0.258 e. The molecule has 0 radical (unpaired) electrons. The van der Waals surface area contributed by atoms with Gasteiger partial charge in [-0.25, -0.2) is 0 Å². The van der Waals surface area contributed by atoms with Crippen molar-refractivity contribution in [1.82, 2.24) is 5.32 Å². The molecule has 1 amide bonds. The van der Waals surface area contributed by atoms with Gasteiger partial charge in [0.2, 0.25) is 0 Å². The van der Waals surface area contributed by atoms with Gasteiger partial charge in [0, 0.05) is 0 Å². The minimum atomic E-state index is -0.420. The van der Waals surface area contributed by atoms with E-state index in [1.807, 2.05) is 62.4 Å². The molecule has 0 saturated heterocycles. The van der Waals surface area contributed by atoms with Crippen LogP contribution in [-0.4, -0.2) is 24.2 Å². The molecule has 0 aromatic heterocycles. The number of nitrogens with one attached hydrogen (secondary N) is 1. The number of aryl methyl sites for hydroxylation is 2. The van der Waals surface area contributed by atoms with Crippen molar-refractivity contribution in [2.24, 2.45) is 0 Å². The summed E-state index contributed by atoms with van der Waals surface area (Å²) >= 11 is 0. The second kappa shape index (κ2) is 7.61. The van der Waals surface area contributed by atoms with Crippen LogP contribution in [-0.2, 0) is 4.79 Å². The number of amides is 1. The Morgan fingerprint density at radius 1 is 1.18 bits per heavy atom. The molecule has 116 valence electrons. The molecule has 0 fully saturated rings. The van der Waals surface area contributed by atoms with E-state index in [1.165, 1.54) is 0 Å². The summed E-state index contributed by atoms with van der Waals surface area (Å²) in [7, 11) is 0. The molecule has 22 heavy (non-hydrogen) atoms. The fourth-order valence-corrected chi connectivity index (χ4v) is 2.16. The van der Waals surface area contributed by atoms with E-state index in [0.29, 0.717) is 5.75 Å². The smallest absolute Gasteiger partial charge is 0.258 e. The van der Waals surface area contributed by atoms with Gasteiger partial charge in [-0.3, -0.25) is 4.79 Å². The second-order valence-corrected chi connectivity index (χ2v) is 5.27. The molecule has 0 saturated carbocycles. The molecule has 4 heteroatoms. The number of hydrogen-bond donors (Lipinski definition) is 2. The summed E-state index contributed by atoms with van der Waals surface area (Å²) in [5.74, 6) is 0.444. The average Bonchev–Trinajstić information content (AvgIpc) is 2.54. The first-order valence-electron chi connectivity index (χ1n) is 7.25. The van der Waals surface area contributed by atoms with Crippen molar-refractivity contribution >= 4 is 5.91 Å². The van der Waals surface area contributed by atoms with E-state index < -0.39 is 6.04 Å². The van der Waals surface area contributed by atoms with Gasteiger partial charge in [-0.15, -0.1) is 0 Å². The number of hydrogen-bond acceptors (Lipinski definition) is 3. The van der Waals surface area contributed by atoms with Crippen molar-refractivity contribution in [3.8, 4) is 5.75 Å². The van der Waals surface area contributed by atoms with E-state index in [1.54, 1.807) is 0 Å². The predicted molar refractivity (Wildman–Crippen MR) is 85.8 cm³/mol. The van der Waals surface area contributed by atoms with Crippen LogP contribution < -0.4 is 10.1 Å². The Kier molecular flexibility index (Phi) is 5.55. The first kappa shape index (κ1) is 16.0. The van der Waals surface area contributed by atoms with Gasteiger partial charge in [-0.05, 0) is 36.6 Å². The molecule has 1 atom stereocenters. The lowest BCUT2D eigenvalue weighted by Crippen LogP contribution is -2.34. The highest BCUT2D eigenvalue weighted by Crippen LogP contribution is 2.19. The van der Waals surface area contributed by atoms with Crippen LogP contribution in [0, 0.1) is 13.8 Å². The van der Waals surface area contributed by atoms with Crippen LogP contribution in [0.4, 0.5) is 0 Å². The Morgan fingerprint density at radius 3 is 2.59 bits per heavy atom. The SMILES string of the molecule is Cc1ccc(C)c(OCC(=O)NC(CO)c2ccccc2)c1. The summed E-state index contributed by atoms with van der Waals surface area (Å²) in [6.45, 7) is 3.68. The fourth-order valence-electron chi connectivity index (χ4n) is 2.16. The van der Waals surface area contributed by atoms with Crippen molar-refractivity contribution < 1.29 is 14.6 Å². The lowest BCUT2D eigenvalue weighted by Gasteiger charge is -2.17. The van der Waals surface area contributed by atoms with E-state index in [-0.39, 0.29) is 19.1 Å². The molecular weight excluding hydrogens is 278 g/mol. The minimum Gasteiger partial charge on any atom is -0.483 e. The van der Waals surface area contributed by atoms with Crippen LogP contribution in [0.1, 0.15) is 22.7 Å². The molecule has 0 aliphatic heterocycles. The first-order chi connectivity index (χ1) is 10.6. The number of carbonyl (C=O) groups is 1. The van der Waals surface area contributed by atoms with Gasteiger partial charge < -0.3 is 15.2 Å². The van der Waals surface area contributed by atoms with Crippen LogP contribution in [0.2, 0.25) is 0 Å². The second-order valence-electron chi connectivity index (χ2n) is 5.27. The van der Waals surface area contributed by atoms with E-state index in [0.717, 1.165) is 16.7 Å². The van der Waals surface area contributed by atoms with Crippen LogP contribution in [0.15, 0.2) is 48.5 Å². The first-order valence-corrected chi connectivity index (χ1v) is 7.25. The van der Waals surface area contributed by atoms with E-state index in [2.05, 4.69) is 5.32 Å². The molecule has 1 unspecified atom stereocenters. The van der Waals surface area contributed by atoms with Gasteiger partial charge in [-0.1, -0.05) is 42.5 Å². The molecule has 2 aromatic rings. The molecule has 2 aromatic carbocycles. The summed E-state index contributed by atoms with van der Waals surface area (Å²) < 4.78 is 5.57. The highest BCUT2D eigenvalue weighted by Gasteiger charge is 2.14. The van der Waals surface area contributed by atoms with Gasteiger partial charge in [0.1, 0.15) is 5.75 Å². The molecule has 0 aliphatic carbocycles. The Hall–Kier alpha value is -2.33. The Morgan fingerprint density at radius 2 is 1.91 bits per heavy atom. The zero-order valence-corrected chi connectivity index (χ0v) is 12.9. The molecule has 2 N–H and O–H groups in total. The maximum atomic E-state index is 12.0. The van der Waals surface area contributed by atoms with E-state index in [9.17, 15) is 9.90 Å². The molecule has 2 rings (SSSR count). The van der Waals surface area contributed by atoms with Gasteiger partial charge in [0.15, 0.2) is 6.61 Å². The van der Waals surface area contributed by atoms with E-state index >= 15 is 0 Å². The third-order valence-electron chi connectivity index (χ3n) is 3.42. The maximum absolute atomic E-state index is 12.0. The summed E-state index contributed by atoms with van der Waals surface area (Å²) in [4.78, 5) is 12.0. The Labute approximate surface area is 130 Å². The van der Waals surface area contributed by atoms with Crippen LogP contribution in [0.25, 0.3) is 0 Å².